The maximum atomic E-state index is 12.3. The van der Waals surface area contributed by atoms with Crippen LogP contribution in [0.1, 0.15) is 51.3 Å². The van der Waals surface area contributed by atoms with Crippen molar-refractivity contribution in [3.05, 3.63) is 94.6 Å². The van der Waals surface area contributed by atoms with Gasteiger partial charge >= 0.3 is 5.97 Å². The van der Waals surface area contributed by atoms with Gasteiger partial charge in [-0.05, 0) is 38.5 Å². The fourth-order valence-corrected chi connectivity index (χ4v) is 3.07. The highest BCUT2D eigenvalue weighted by atomic mass is 16.4. The molecule has 0 heterocycles. The van der Waals surface area contributed by atoms with E-state index >= 15 is 0 Å². The van der Waals surface area contributed by atoms with Crippen LogP contribution in [0.25, 0.3) is 0 Å². The van der Waals surface area contributed by atoms with E-state index < -0.39 is 35.0 Å². The van der Waals surface area contributed by atoms with Gasteiger partial charge in [-0.3, -0.25) is 14.4 Å². The molecule has 0 bridgehead atoms. The van der Waals surface area contributed by atoms with Crippen LogP contribution < -0.4 is 0 Å². The number of aliphatic carboxylic acids is 1. The van der Waals surface area contributed by atoms with Crippen molar-refractivity contribution in [2.75, 3.05) is 0 Å². The average Bonchev–Trinajstić information content (AvgIpc) is 2.81. The molecule has 1 aliphatic carbocycles. The number of phenolic OH excluding ortho intramolecular Hbond substituents is 2. The van der Waals surface area contributed by atoms with Gasteiger partial charge in [0.1, 0.15) is 17.1 Å². The van der Waals surface area contributed by atoms with Crippen LogP contribution in [0.2, 0.25) is 0 Å². The van der Waals surface area contributed by atoms with Gasteiger partial charge in [-0.25, -0.2) is 4.79 Å². The first-order valence-electron chi connectivity index (χ1n) is 10.1. The zero-order chi connectivity index (χ0) is 25.6. The topological polar surface area (TPSA) is 149 Å². The summed E-state index contributed by atoms with van der Waals surface area (Å²) < 4.78 is 0. The molecule has 0 radical (unpaired) electrons. The fourth-order valence-electron chi connectivity index (χ4n) is 3.07. The van der Waals surface area contributed by atoms with E-state index in [1.807, 2.05) is 13.8 Å². The summed E-state index contributed by atoms with van der Waals surface area (Å²) in [6, 6.07) is 10.5. The molecule has 34 heavy (non-hydrogen) atoms. The van der Waals surface area contributed by atoms with Crippen LogP contribution in [-0.2, 0) is 4.79 Å². The first-order chi connectivity index (χ1) is 16.0. The third-order valence-corrected chi connectivity index (χ3v) is 4.86. The minimum Gasteiger partial charge on any atom is -0.507 e. The number of aliphatic hydroxyl groups excluding tert-OH is 1. The molecule has 4 N–H and O–H groups in total. The second-order valence-corrected chi connectivity index (χ2v) is 7.66. The van der Waals surface area contributed by atoms with E-state index in [1.165, 1.54) is 0 Å². The molecule has 1 atom stereocenters. The van der Waals surface area contributed by atoms with E-state index in [0.717, 1.165) is 23.8 Å². The van der Waals surface area contributed by atoms with Crippen molar-refractivity contribution in [2.24, 2.45) is 0 Å². The standard InChI is InChI=1S/C16H16O5.C10H8O3/c1-8(2)3-4-10(17)9-7-13(20)14-11(18)5-6-12(19)15(14)16(9)21;1-7(10(12)13)9(11)8-5-3-2-4-6-8/h3,5-7,10,17-19H,4H2,1-2H3;2-6H,1H2,(H,12,13). The predicted molar refractivity (Wildman–Crippen MR) is 124 cm³/mol. The van der Waals surface area contributed by atoms with E-state index in [9.17, 15) is 34.5 Å². The van der Waals surface area contributed by atoms with Gasteiger partial charge < -0.3 is 20.4 Å². The van der Waals surface area contributed by atoms with Crippen LogP contribution in [0.15, 0.2) is 77.9 Å². The number of allylic oxidation sites excluding steroid dienone is 2. The zero-order valence-corrected chi connectivity index (χ0v) is 18.6. The van der Waals surface area contributed by atoms with Gasteiger partial charge in [-0.15, -0.1) is 0 Å². The lowest BCUT2D eigenvalue weighted by Gasteiger charge is -2.20. The van der Waals surface area contributed by atoms with E-state index in [1.54, 1.807) is 36.4 Å². The lowest BCUT2D eigenvalue weighted by atomic mass is 9.85. The Bertz CT molecular complexity index is 1210. The molecule has 0 aliphatic heterocycles. The molecule has 3 rings (SSSR count). The number of carbonyl (C=O) groups excluding carboxylic acids is 3. The SMILES string of the molecule is C=C(C(=O)O)C(=O)c1ccccc1.CC(C)=CCC(O)C1=CC(=O)c2c(O)ccc(O)c2C1=O. The number of hydrogen-bond acceptors (Lipinski definition) is 7. The maximum absolute atomic E-state index is 12.3. The summed E-state index contributed by atoms with van der Waals surface area (Å²) in [5.41, 5.74) is 0.351. The van der Waals surface area contributed by atoms with Crippen LogP contribution in [0.5, 0.6) is 11.5 Å². The number of phenols is 2. The number of aromatic hydroxyl groups is 2. The lowest BCUT2D eigenvalue weighted by Crippen LogP contribution is -2.25. The molecule has 0 saturated heterocycles. The molecule has 176 valence electrons. The Morgan fingerprint density at radius 3 is 2.06 bits per heavy atom. The largest absolute Gasteiger partial charge is 0.507 e. The third-order valence-electron chi connectivity index (χ3n) is 4.86. The third kappa shape index (κ3) is 5.93. The highest BCUT2D eigenvalue weighted by Crippen LogP contribution is 2.35. The van der Waals surface area contributed by atoms with Crippen LogP contribution in [0.3, 0.4) is 0 Å². The monoisotopic (exact) mass is 464 g/mol. The van der Waals surface area contributed by atoms with Crippen LogP contribution in [0, 0.1) is 0 Å². The quantitative estimate of drug-likeness (QED) is 0.126. The Morgan fingerprint density at radius 2 is 1.53 bits per heavy atom. The minimum absolute atomic E-state index is 0.0779. The number of carbonyl (C=O) groups is 4. The molecular weight excluding hydrogens is 440 g/mol. The van der Waals surface area contributed by atoms with E-state index in [-0.39, 0.29) is 34.6 Å². The van der Waals surface area contributed by atoms with Crippen molar-refractivity contribution in [3.8, 4) is 11.5 Å². The molecule has 1 aliphatic rings. The zero-order valence-electron chi connectivity index (χ0n) is 18.6. The highest BCUT2D eigenvalue weighted by molar-refractivity contribution is 6.27. The van der Waals surface area contributed by atoms with Crippen molar-refractivity contribution >= 4 is 23.3 Å². The Morgan fingerprint density at radius 1 is 0.971 bits per heavy atom. The molecule has 8 heteroatoms. The van der Waals surface area contributed by atoms with Crippen LogP contribution >= 0.6 is 0 Å². The molecule has 2 aromatic carbocycles. The van der Waals surface area contributed by atoms with E-state index in [2.05, 4.69) is 6.58 Å². The molecule has 8 nitrogen and oxygen atoms in total. The number of Topliss-reactive ketones (excluding diaryl/α,β-unsaturated/α-hetero) is 2. The summed E-state index contributed by atoms with van der Waals surface area (Å²) in [6.45, 7) is 6.89. The first-order valence-corrected chi connectivity index (χ1v) is 10.1. The maximum Gasteiger partial charge on any atom is 0.339 e. The number of benzene rings is 2. The normalized spacial score (nSPS) is 13.0. The second-order valence-electron chi connectivity index (χ2n) is 7.66. The summed E-state index contributed by atoms with van der Waals surface area (Å²) in [7, 11) is 0. The molecule has 2 aromatic rings. The highest BCUT2D eigenvalue weighted by Gasteiger charge is 2.33. The molecule has 0 fully saturated rings. The summed E-state index contributed by atoms with van der Waals surface area (Å²) in [5, 5.41) is 38.0. The molecule has 0 spiro atoms. The summed E-state index contributed by atoms with van der Waals surface area (Å²) in [5.74, 6) is -3.84. The van der Waals surface area contributed by atoms with Gasteiger partial charge in [0, 0.05) is 11.1 Å². The smallest absolute Gasteiger partial charge is 0.339 e. The van der Waals surface area contributed by atoms with Gasteiger partial charge in [-0.1, -0.05) is 48.6 Å². The summed E-state index contributed by atoms with van der Waals surface area (Å²) >= 11 is 0. The fraction of sp³-hybridized carbons (Fsp3) is 0.154. The average molecular weight is 464 g/mol. The number of ketones is 3. The number of fused-ring (bicyclic) bond motifs is 1. The van der Waals surface area contributed by atoms with Crippen molar-refractivity contribution < 1.29 is 39.6 Å². The van der Waals surface area contributed by atoms with Crippen molar-refractivity contribution in [3.63, 3.8) is 0 Å². The van der Waals surface area contributed by atoms with Gasteiger partial charge in [0.25, 0.3) is 0 Å². The Kier molecular flexibility index (Phi) is 8.41. The van der Waals surface area contributed by atoms with Crippen molar-refractivity contribution in [1.29, 1.82) is 0 Å². The number of carboxylic acid groups (broad SMARTS) is 1. The Labute approximate surface area is 195 Å². The van der Waals surface area contributed by atoms with Gasteiger partial charge in [0.15, 0.2) is 17.3 Å². The molecule has 0 amide bonds. The molecular formula is C26H24O8. The molecule has 1 unspecified atom stereocenters. The number of rotatable bonds is 6. The van der Waals surface area contributed by atoms with Crippen molar-refractivity contribution in [2.45, 2.75) is 26.4 Å². The van der Waals surface area contributed by atoms with Crippen LogP contribution in [-0.4, -0.2) is 49.8 Å². The second kappa shape index (κ2) is 11.0. The first kappa shape index (κ1) is 26.0. The Balaban J connectivity index is 0.000000270. The van der Waals surface area contributed by atoms with Crippen molar-refractivity contribution in [1.82, 2.24) is 0 Å². The predicted octanol–water partition coefficient (Wildman–Crippen LogP) is 3.63. The van der Waals surface area contributed by atoms with Gasteiger partial charge in [-0.2, -0.15) is 0 Å². The lowest BCUT2D eigenvalue weighted by molar-refractivity contribution is -0.132. The number of carboxylic acids is 1. The van der Waals surface area contributed by atoms with Gasteiger partial charge in [0.2, 0.25) is 0 Å². The molecule has 0 aromatic heterocycles. The molecule has 0 saturated carbocycles. The van der Waals surface area contributed by atoms with Crippen LogP contribution in [0.4, 0.5) is 0 Å². The summed E-state index contributed by atoms with van der Waals surface area (Å²) in [6.07, 6.45) is 1.84. The Hall–Kier alpha value is -4.30. The van der Waals surface area contributed by atoms with Gasteiger partial charge in [0.05, 0.1) is 17.2 Å². The van der Waals surface area contributed by atoms with E-state index in [0.29, 0.717) is 5.56 Å². The minimum atomic E-state index is -1.28. The number of hydrogen-bond donors (Lipinski definition) is 4. The van der Waals surface area contributed by atoms with E-state index in [4.69, 9.17) is 5.11 Å². The summed E-state index contributed by atoms with van der Waals surface area (Å²) in [4.78, 5) is 46.1. The number of aliphatic hydroxyl groups is 1.